The molecule has 1 fully saturated rings. The lowest BCUT2D eigenvalue weighted by molar-refractivity contribution is 0.0737. The number of β-amino-alcohol motifs (C(OH)–C–C–N with tert-alkyl or cyclic N) is 1. The third-order valence-corrected chi connectivity index (χ3v) is 4.41. The number of nitrogens with zero attached hydrogens (tertiary/aromatic N) is 7. The van der Waals surface area contributed by atoms with E-state index in [1.54, 1.807) is 15.4 Å². The molecule has 4 heterocycles. The second-order valence-corrected chi connectivity index (χ2v) is 6.09. The van der Waals surface area contributed by atoms with Gasteiger partial charge in [0.05, 0.1) is 18.9 Å². The Balaban J connectivity index is 1.52. The predicted octanol–water partition coefficient (Wildman–Crippen LogP) is 0.532. The maximum atomic E-state index is 10.4. The first-order valence-corrected chi connectivity index (χ1v) is 8.51. The van der Waals surface area contributed by atoms with Crippen LogP contribution in [0.1, 0.15) is 19.7 Å². The maximum Gasteiger partial charge on any atom is 0.178 e. The molecular weight excluding hydrogens is 322 g/mol. The van der Waals surface area contributed by atoms with Gasteiger partial charge in [-0.05, 0) is 19.1 Å². The van der Waals surface area contributed by atoms with Crippen molar-refractivity contribution in [1.29, 1.82) is 0 Å². The quantitative estimate of drug-likeness (QED) is 0.722. The fraction of sp³-hybridized carbons (Fsp3) is 0.500. The summed E-state index contributed by atoms with van der Waals surface area (Å²) in [4.78, 5) is 2.01. The third-order valence-electron chi connectivity index (χ3n) is 4.41. The molecule has 0 aliphatic carbocycles. The van der Waals surface area contributed by atoms with Gasteiger partial charge in [-0.2, -0.15) is 9.61 Å². The molecule has 2 atom stereocenters. The molecule has 0 amide bonds. The fourth-order valence-corrected chi connectivity index (χ4v) is 3.03. The number of rotatable bonds is 5. The van der Waals surface area contributed by atoms with Crippen LogP contribution in [0, 0.1) is 0 Å². The van der Waals surface area contributed by atoms with E-state index >= 15 is 0 Å². The molecule has 0 unspecified atom stereocenters. The van der Waals surface area contributed by atoms with Gasteiger partial charge in [0, 0.05) is 19.5 Å². The molecule has 4 rings (SSSR count). The summed E-state index contributed by atoms with van der Waals surface area (Å²) in [5, 5.41) is 27.4. The number of aliphatic hydroxyl groups is 1. The third kappa shape index (κ3) is 2.91. The summed E-state index contributed by atoms with van der Waals surface area (Å²) in [6.45, 7) is 5.84. The molecule has 9 nitrogen and oxygen atoms in total. The highest BCUT2D eigenvalue weighted by Crippen LogP contribution is 2.23. The van der Waals surface area contributed by atoms with Crippen LogP contribution >= 0.6 is 0 Å². The van der Waals surface area contributed by atoms with Gasteiger partial charge in [0.1, 0.15) is 18.0 Å². The zero-order valence-electron chi connectivity index (χ0n) is 14.3. The van der Waals surface area contributed by atoms with Gasteiger partial charge in [0.25, 0.3) is 0 Å². The first-order chi connectivity index (χ1) is 12.2. The highest BCUT2D eigenvalue weighted by atomic mass is 16.5. The Labute approximate surface area is 144 Å². The van der Waals surface area contributed by atoms with Crippen LogP contribution in [0.25, 0.3) is 5.65 Å². The van der Waals surface area contributed by atoms with Crippen molar-refractivity contribution in [3.8, 4) is 5.75 Å². The van der Waals surface area contributed by atoms with Crippen LogP contribution in [-0.4, -0.2) is 60.0 Å². The number of hydrogen-bond donors (Lipinski definition) is 1. The summed E-state index contributed by atoms with van der Waals surface area (Å²) < 4.78 is 9.45. The lowest BCUT2D eigenvalue weighted by Gasteiger charge is -2.17. The standard InChI is InChI=1S/C16H21N7O2/c1-3-14-18-19-15-5-6-16(20-23(14)15)21-9-12(24)13(10-21)25-11-7-17-22(4-2)8-11/h5-8,12-13,24H,3-4,9-10H2,1-2H3/t12-,13-/m1/s1. The molecule has 1 N–H and O–H groups in total. The van der Waals surface area contributed by atoms with Crippen LogP contribution < -0.4 is 9.64 Å². The smallest absolute Gasteiger partial charge is 0.178 e. The van der Waals surface area contributed by atoms with Crippen LogP contribution in [0.3, 0.4) is 0 Å². The minimum atomic E-state index is -0.589. The summed E-state index contributed by atoms with van der Waals surface area (Å²) in [6.07, 6.45) is 3.36. The first kappa shape index (κ1) is 15.8. The first-order valence-electron chi connectivity index (χ1n) is 8.51. The van der Waals surface area contributed by atoms with E-state index in [4.69, 9.17) is 4.74 Å². The minimum Gasteiger partial charge on any atom is -0.482 e. The average molecular weight is 343 g/mol. The lowest BCUT2D eigenvalue weighted by Crippen LogP contribution is -2.29. The zero-order chi connectivity index (χ0) is 17.4. The van der Waals surface area contributed by atoms with E-state index in [0.29, 0.717) is 18.8 Å². The van der Waals surface area contributed by atoms with Crippen LogP contribution in [-0.2, 0) is 13.0 Å². The Hall–Kier alpha value is -2.68. The lowest BCUT2D eigenvalue weighted by atomic mass is 10.3. The van der Waals surface area contributed by atoms with Crippen molar-refractivity contribution in [2.24, 2.45) is 0 Å². The van der Waals surface area contributed by atoms with Crippen molar-refractivity contribution in [3.05, 3.63) is 30.4 Å². The SMILES string of the molecule is CCc1nnc2ccc(N3C[C@@H](O)[C@H](Oc4cnn(CC)c4)C3)nn12. The molecule has 0 saturated carbocycles. The average Bonchev–Trinajstić information content (AvgIpc) is 3.33. The Morgan fingerprint density at radius 2 is 2.12 bits per heavy atom. The normalized spacial score (nSPS) is 20.5. The summed E-state index contributed by atoms with van der Waals surface area (Å²) in [5.74, 6) is 2.26. The summed E-state index contributed by atoms with van der Waals surface area (Å²) in [6, 6.07) is 3.79. The highest BCUT2D eigenvalue weighted by Gasteiger charge is 2.34. The van der Waals surface area contributed by atoms with Crippen molar-refractivity contribution in [1.82, 2.24) is 29.6 Å². The molecule has 0 spiro atoms. The molecule has 0 aromatic carbocycles. The molecule has 9 heteroatoms. The van der Waals surface area contributed by atoms with Crippen molar-refractivity contribution in [2.45, 2.75) is 39.0 Å². The minimum absolute atomic E-state index is 0.321. The van der Waals surface area contributed by atoms with Gasteiger partial charge in [-0.15, -0.1) is 15.3 Å². The van der Waals surface area contributed by atoms with Crippen LogP contribution in [0.15, 0.2) is 24.5 Å². The molecule has 1 aliphatic rings. The Morgan fingerprint density at radius 3 is 2.88 bits per heavy atom. The van der Waals surface area contributed by atoms with E-state index in [1.807, 2.05) is 37.1 Å². The van der Waals surface area contributed by atoms with Gasteiger partial charge in [0.2, 0.25) is 0 Å². The van der Waals surface area contributed by atoms with Crippen LogP contribution in [0.2, 0.25) is 0 Å². The fourth-order valence-electron chi connectivity index (χ4n) is 3.03. The second-order valence-electron chi connectivity index (χ2n) is 6.09. The van der Waals surface area contributed by atoms with Crippen molar-refractivity contribution < 1.29 is 9.84 Å². The molecular formula is C16H21N7O2. The summed E-state index contributed by atoms with van der Waals surface area (Å²) >= 11 is 0. The molecule has 0 bridgehead atoms. The van der Waals surface area contributed by atoms with Crippen molar-refractivity contribution in [2.75, 3.05) is 18.0 Å². The van der Waals surface area contributed by atoms with E-state index < -0.39 is 6.10 Å². The van der Waals surface area contributed by atoms with Gasteiger partial charge in [-0.25, -0.2) is 0 Å². The van der Waals surface area contributed by atoms with E-state index in [9.17, 15) is 5.11 Å². The van der Waals surface area contributed by atoms with Crippen LogP contribution in [0.5, 0.6) is 5.75 Å². The number of aromatic nitrogens is 6. The zero-order valence-corrected chi connectivity index (χ0v) is 14.3. The molecule has 25 heavy (non-hydrogen) atoms. The monoisotopic (exact) mass is 343 g/mol. The summed E-state index contributed by atoms with van der Waals surface area (Å²) in [7, 11) is 0. The van der Waals surface area contributed by atoms with Gasteiger partial charge in [0.15, 0.2) is 17.2 Å². The number of anilines is 1. The molecule has 3 aromatic heterocycles. The molecule has 1 aliphatic heterocycles. The number of ether oxygens (including phenoxy) is 1. The molecule has 132 valence electrons. The number of aliphatic hydroxyl groups excluding tert-OH is 1. The number of hydrogen-bond acceptors (Lipinski definition) is 7. The van der Waals surface area contributed by atoms with Gasteiger partial charge in [-0.3, -0.25) is 4.68 Å². The number of aryl methyl sites for hydroxylation is 2. The predicted molar refractivity (Wildman–Crippen MR) is 90.7 cm³/mol. The van der Waals surface area contributed by atoms with Gasteiger partial charge >= 0.3 is 0 Å². The molecule has 1 saturated heterocycles. The largest absolute Gasteiger partial charge is 0.482 e. The number of fused-ring (bicyclic) bond motifs is 1. The second kappa shape index (κ2) is 6.32. The van der Waals surface area contributed by atoms with Crippen molar-refractivity contribution >= 4 is 11.5 Å². The topological polar surface area (TPSA) is 93.6 Å². The Bertz CT molecular complexity index is 874. The maximum absolute atomic E-state index is 10.4. The molecule has 0 radical (unpaired) electrons. The highest BCUT2D eigenvalue weighted by molar-refractivity contribution is 5.47. The molecule has 3 aromatic rings. The van der Waals surface area contributed by atoms with Gasteiger partial charge < -0.3 is 14.7 Å². The van der Waals surface area contributed by atoms with Gasteiger partial charge in [-0.1, -0.05) is 6.92 Å². The van der Waals surface area contributed by atoms with E-state index in [0.717, 1.165) is 30.3 Å². The van der Waals surface area contributed by atoms with E-state index in [2.05, 4.69) is 20.4 Å². The van der Waals surface area contributed by atoms with E-state index in [-0.39, 0.29) is 6.10 Å². The van der Waals surface area contributed by atoms with E-state index in [1.165, 1.54) is 0 Å². The Kier molecular flexibility index (Phi) is 4.00. The van der Waals surface area contributed by atoms with Crippen molar-refractivity contribution in [3.63, 3.8) is 0 Å². The Morgan fingerprint density at radius 1 is 1.24 bits per heavy atom. The van der Waals surface area contributed by atoms with Crippen LogP contribution in [0.4, 0.5) is 5.82 Å². The summed E-state index contributed by atoms with van der Waals surface area (Å²) in [5.41, 5.74) is 0.722.